The van der Waals surface area contributed by atoms with Crippen molar-refractivity contribution in [2.45, 2.75) is 13.8 Å². The Morgan fingerprint density at radius 2 is 1.50 bits per heavy atom. The lowest BCUT2D eigenvalue weighted by Crippen LogP contribution is -2.29. The molecule has 6 heteroatoms. The Morgan fingerprint density at radius 1 is 0.844 bits per heavy atom. The van der Waals surface area contributed by atoms with E-state index in [1.807, 2.05) is 26.0 Å². The molecule has 0 saturated carbocycles. The van der Waals surface area contributed by atoms with E-state index in [2.05, 4.69) is 10.3 Å². The Balaban J connectivity index is 1.40. The molecule has 1 N–H and O–H groups in total. The maximum absolute atomic E-state index is 12.9. The number of hydrogen-bond donors (Lipinski definition) is 1. The third-order valence-electron chi connectivity index (χ3n) is 5.87. The van der Waals surface area contributed by atoms with Crippen LogP contribution in [0.15, 0.2) is 72.9 Å². The number of benzene rings is 3. The van der Waals surface area contributed by atoms with Crippen molar-refractivity contribution in [1.82, 2.24) is 4.98 Å². The highest BCUT2D eigenvalue weighted by molar-refractivity contribution is 6.34. The van der Waals surface area contributed by atoms with E-state index in [1.165, 1.54) is 0 Å². The smallest absolute Gasteiger partial charge is 0.266 e. The first-order valence-electron chi connectivity index (χ1n) is 10.2. The highest BCUT2D eigenvalue weighted by Crippen LogP contribution is 2.29. The summed E-state index contributed by atoms with van der Waals surface area (Å²) in [6, 6.07) is 18.9. The number of nitrogens with zero attached hydrogens (tertiary/aromatic N) is 2. The standard InChI is InChI=1S/C26H19N3O3/c1-15-7-12-21-22(13-14-27-23(21)16(15)2)28-24(30)17-8-10-18(11-9-17)29-25(31)19-5-3-4-6-20(19)26(29)32/h3-14H,1-2H3,(H,27,28,30). The Labute approximate surface area is 184 Å². The summed E-state index contributed by atoms with van der Waals surface area (Å²) in [6.45, 7) is 4.03. The zero-order valence-corrected chi connectivity index (χ0v) is 17.5. The third kappa shape index (κ3) is 3.04. The third-order valence-corrected chi connectivity index (χ3v) is 5.87. The van der Waals surface area contributed by atoms with Crippen molar-refractivity contribution in [1.29, 1.82) is 0 Å². The molecule has 0 fully saturated rings. The average Bonchev–Trinajstić information content (AvgIpc) is 3.07. The normalized spacial score (nSPS) is 12.9. The molecule has 1 aliphatic heterocycles. The second kappa shape index (κ2) is 7.42. The van der Waals surface area contributed by atoms with Crippen LogP contribution in [0.5, 0.6) is 0 Å². The van der Waals surface area contributed by atoms with Crippen molar-refractivity contribution in [3.63, 3.8) is 0 Å². The molecule has 1 aromatic heterocycles. The Morgan fingerprint density at radius 3 is 2.16 bits per heavy atom. The highest BCUT2D eigenvalue weighted by Gasteiger charge is 2.36. The van der Waals surface area contributed by atoms with Crippen molar-refractivity contribution in [3.05, 3.63) is 101 Å². The number of aromatic nitrogens is 1. The second-order valence-electron chi connectivity index (χ2n) is 7.75. The number of nitrogens with one attached hydrogen (secondary N) is 1. The molecule has 156 valence electrons. The van der Waals surface area contributed by atoms with Gasteiger partial charge in [-0.1, -0.05) is 24.3 Å². The number of aryl methyl sites for hydroxylation is 2. The van der Waals surface area contributed by atoms with Crippen molar-refractivity contribution < 1.29 is 14.4 Å². The lowest BCUT2D eigenvalue weighted by atomic mass is 10.0. The van der Waals surface area contributed by atoms with E-state index in [0.717, 1.165) is 26.9 Å². The first-order chi connectivity index (χ1) is 15.5. The van der Waals surface area contributed by atoms with Crippen molar-refractivity contribution in [3.8, 4) is 0 Å². The molecular formula is C26H19N3O3. The summed E-state index contributed by atoms with van der Waals surface area (Å²) >= 11 is 0. The maximum atomic E-state index is 12.9. The van der Waals surface area contributed by atoms with Crippen molar-refractivity contribution >= 4 is 40.0 Å². The van der Waals surface area contributed by atoms with Crippen LogP contribution < -0.4 is 10.2 Å². The summed E-state index contributed by atoms with van der Waals surface area (Å²) in [5.74, 6) is -1.02. The number of pyridine rings is 1. The van der Waals surface area contributed by atoms with Gasteiger partial charge < -0.3 is 5.32 Å². The molecule has 3 aromatic carbocycles. The van der Waals surface area contributed by atoms with Crippen LogP contribution in [-0.2, 0) is 0 Å². The van der Waals surface area contributed by atoms with Gasteiger partial charge in [0.2, 0.25) is 0 Å². The lowest BCUT2D eigenvalue weighted by molar-refractivity contribution is 0.0925. The van der Waals surface area contributed by atoms with Gasteiger partial charge in [-0.15, -0.1) is 0 Å². The number of anilines is 2. The molecule has 1 aliphatic rings. The Bertz CT molecular complexity index is 1390. The molecule has 0 spiro atoms. The molecule has 0 saturated heterocycles. The predicted octanol–water partition coefficient (Wildman–Crippen LogP) is 4.90. The van der Waals surface area contributed by atoms with Gasteiger partial charge in [0, 0.05) is 17.1 Å². The Hall–Kier alpha value is -4.32. The van der Waals surface area contributed by atoms with Gasteiger partial charge in [0.15, 0.2) is 0 Å². The number of rotatable bonds is 3. The first kappa shape index (κ1) is 19.6. The summed E-state index contributed by atoms with van der Waals surface area (Å²) in [5.41, 5.74) is 5.34. The van der Waals surface area contributed by atoms with Crippen molar-refractivity contribution in [2.75, 3.05) is 10.2 Å². The average molecular weight is 421 g/mol. The maximum Gasteiger partial charge on any atom is 0.266 e. The minimum Gasteiger partial charge on any atom is -0.321 e. The summed E-state index contributed by atoms with van der Waals surface area (Å²) in [5, 5.41) is 3.81. The fourth-order valence-electron chi connectivity index (χ4n) is 3.95. The predicted molar refractivity (Wildman–Crippen MR) is 123 cm³/mol. The number of hydrogen-bond acceptors (Lipinski definition) is 4. The zero-order chi connectivity index (χ0) is 22.4. The molecule has 6 nitrogen and oxygen atoms in total. The molecule has 0 radical (unpaired) electrons. The van der Waals surface area contributed by atoms with Crippen LogP contribution in [0.3, 0.4) is 0 Å². The lowest BCUT2D eigenvalue weighted by Gasteiger charge is -2.15. The Kier molecular flexibility index (Phi) is 4.56. The highest BCUT2D eigenvalue weighted by atomic mass is 16.2. The quantitative estimate of drug-likeness (QED) is 0.477. The fraction of sp³-hybridized carbons (Fsp3) is 0.0769. The fourth-order valence-corrected chi connectivity index (χ4v) is 3.95. The SMILES string of the molecule is Cc1ccc2c(NC(=O)c3ccc(N4C(=O)c5ccccc5C4=O)cc3)ccnc2c1C. The van der Waals surface area contributed by atoms with Crippen LogP contribution in [-0.4, -0.2) is 22.7 Å². The van der Waals surface area contributed by atoms with E-state index in [4.69, 9.17) is 0 Å². The van der Waals surface area contributed by atoms with E-state index in [9.17, 15) is 14.4 Å². The zero-order valence-electron chi connectivity index (χ0n) is 17.5. The van der Waals surface area contributed by atoms with E-state index >= 15 is 0 Å². The van der Waals surface area contributed by atoms with Crippen LogP contribution in [0.2, 0.25) is 0 Å². The van der Waals surface area contributed by atoms with Crippen LogP contribution >= 0.6 is 0 Å². The number of carbonyl (C=O) groups is 3. The van der Waals surface area contributed by atoms with Crippen LogP contribution in [0.4, 0.5) is 11.4 Å². The van der Waals surface area contributed by atoms with Gasteiger partial charge in [0.05, 0.1) is 28.0 Å². The minimum atomic E-state index is -0.364. The van der Waals surface area contributed by atoms with Crippen LogP contribution in [0.25, 0.3) is 10.9 Å². The molecule has 0 atom stereocenters. The van der Waals surface area contributed by atoms with Gasteiger partial charge in [-0.05, 0) is 67.4 Å². The summed E-state index contributed by atoms with van der Waals surface area (Å²) in [7, 11) is 0. The molecular weight excluding hydrogens is 402 g/mol. The minimum absolute atomic E-state index is 0.287. The van der Waals surface area contributed by atoms with Crippen LogP contribution in [0, 0.1) is 13.8 Å². The molecule has 4 aromatic rings. The van der Waals surface area contributed by atoms with E-state index in [0.29, 0.717) is 28.1 Å². The molecule has 3 amide bonds. The molecule has 0 bridgehead atoms. The topological polar surface area (TPSA) is 79.4 Å². The molecule has 2 heterocycles. The summed E-state index contributed by atoms with van der Waals surface area (Å²) < 4.78 is 0. The van der Waals surface area contributed by atoms with Gasteiger partial charge in [0.25, 0.3) is 17.7 Å². The first-order valence-corrected chi connectivity index (χ1v) is 10.2. The van der Waals surface area contributed by atoms with Gasteiger partial charge in [-0.2, -0.15) is 0 Å². The molecule has 32 heavy (non-hydrogen) atoms. The van der Waals surface area contributed by atoms with Gasteiger partial charge in [-0.25, -0.2) is 4.90 Å². The second-order valence-corrected chi connectivity index (χ2v) is 7.75. The van der Waals surface area contributed by atoms with E-state index < -0.39 is 0 Å². The van der Waals surface area contributed by atoms with E-state index in [-0.39, 0.29) is 17.7 Å². The monoisotopic (exact) mass is 421 g/mol. The van der Waals surface area contributed by atoms with Crippen LogP contribution in [0.1, 0.15) is 42.2 Å². The summed E-state index contributed by atoms with van der Waals surface area (Å²) in [6.07, 6.45) is 1.68. The number of amides is 3. The summed E-state index contributed by atoms with van der Waals surface area (Å²) in [4.78, 5) is 43.8. The van der Waals surface area contributed by atoms with Gasteiger partial charge in [0.1, 0.15) is 0 Å². The molecule has 0 aliphatic carbocycles. The van der Waals surface area contributed by atoms with Gasteiger partial charge >= 0.3 is 0 Å². The number of fused-ring (bicyclic) bond motifs is 2. The van der Waals surface area contributed by atoms with Crippen molar-refractivity contribution in [2.24, 2.45) is 0 Å². The largest absolute Gasteiger partial charge is 0.321 e. The van der Waals surface area contributed by atoms with Gasteiger partial charge in [-0.3, -0.25) is 19.4 Å². The number of carbonyl (C=O) groups excluding carboxylic acids is 3. The molecule has 5 rings (SSSR count). The number of imide groups is 1. The van der Waals surface area contributed by atoms with E-state index in [1.54, 1.807) is 60.8 Å². The molecule has 0 unspecified atom stereocenters.